The predicted molar refractivity (Wildman–Crippen MR) is 81.9 cm³/mol. The van der Waals surface area contributed by atoms with Crippen molar-refractivity contribution >= 4 is 33.5 Å². The zero-order chi connectivity index (χ0) is 15.6. The van der Waals surface area contributed by atoms with Gasteiger partial charge in [0.2, 0.25) is 0 Å². The van der Waals surface area contributed by atoms with Crippen LogP contribution in [0.3, 0.4) is 0 Å². The predicted octanol–water partition coefficient (Wildman–Crippen LogP) is 3.41. The molecule has 2 rings (SSSR count). The first-order valence-corrected chi connectivity index (χ1v) is 6.81. The fourth-order valence-corrected chi connectivity index (χ4v) is 2.46. The summed E-state index contributed by atoms with van der Waals surface area (Å²) in [4.78, 5) is 23.1. The van der Waals surface area contributed by atoms with Gasteiger partial charge in [0.25, 0.3) is 5.91 Å². The molecule has 0 unspecified atom stereocenters. The molecule has 0 aliphatic rings. The topological polar surface area (TPSA) is 86.6 Å². The summed E-state index contributed by atoms with van der Waals surface area (Å²) in [5.41, 5.74) is 1.41. The normalized spacial score (nSPS) is 10.2. The van der Waals surface area contributed by atoms with Crippen LogP contribution >= 0.6 is 15.9 Å². The van der Waals surface area contributed by atoms with E-state index in [2.05, 4.69) is 21.2 Å². The van der Waals surface area contributed by atoms with Gasteiger partial charge < -0.3 is 15.5 Å². The molecule has 2 aromatic carbocycles. The van der Waals surface area contributed by atoms with Crippen LogP contribution in [-0.4, -0.2) is 22.1 Å². The van der Waals surface area contributed by atoms with Crippen molar-refractivity contribution in [2.45, 2.75) is 6.92 Å². The molecule has 0 aliphatic carbocycles. The average molecular weight is 350 g/mol. The highest BCUT2D eigenvalue weighted by Crippen LogP contribution is 2.22. The monoisotopic (exact) mass is 349 g/mol. The number of hydrogen-bond donors (Lipinski definition) is 3. The van der Waals surface area contributed by atoms with Crippen molar-refractivity contribution in [2.75, 3.05) is 5.32 Å². The Bertz CT molecular complexity index is 707. The van der Waals surface area contributed by atoms with Crippen LogP contribution in [0.15, 0.2) is 40.9 Å². The zero-order valence-electron chi connectivity index (χ0n) is 11.1. The van der Waals surface area contributed by atoms with Gasteiger partial charge in [-0.15, -0.1) is 0 Å². The van der Waals surface area contributed by atoms with Gasteiger partial charge in [0, 0.05) is 15.7 Å². The minimum Gasteiger partial charge on any atom is -0.507 e. The molecule has 0 saturated heterocycles. The SMILES string of the molecule is Cc1cc(Br)cc(C(=O)Nc2ccc(O)c(C(=O)O)c2)c1. The molecule has 0 heterocycles. The molecule has 6 heteroatoms. The van der Waals surface area contributed by atoms with E-state index in [9.17, 15) is 14.7 Å². The number of halogens is 1. The third kappa shape index (κ3) is 3.61. The molecule has 0 radical (unpaired) electrons. The molecule has 0 bridgehead atoms. The van der Waals surface area contributed by atoms with Crippen LogP contribution in [0.25, 0.3) is 0 Å². The van der Waals surface area contributed by atoms with Crippen LogP contribution in [0, 0.1) is 6.92 Å². The number of carboxylic acid groups (broad SMARTS) is 1. The summed E-state index contributed by atoms with van der Waals surface area (Å²) in [5, 5.41) is 21.0. The maximum absolute atomic E-state index is 12.1. The van der Waals surface area contributed by atoms with E-state index in [-0.39, 0.29) is 17.2 Å². The summed E-state index contributed by atoms with van der Waals surface area (Å²) >= 11 is 3.32. The van der Waals surface area contributed by atoms with Crippen LogP contribution < -0.4 is 5.32 Å². The summed E-state index contributed by atoms with van der Waals surface area (Å²) in [6.45, 7) is 1.87. The van der Waals surface area contributed by atoms with Crippen molar-refractivity contribution in [1.29, 1.82) is 0 Å². The maximum Gasteiger partial charge on any atom is 0.339 e. The van der Waals surface area contributed by atoms with Crippen molar-refractivity contribution in [3.05, 3.63) is 57.6 Å². The van der Waals surface area contributed by atoms with Crippen molar-refractivity contribution < 1.29 is 19.8 Å². The lowest BCUT2D eigenvalue weighted by atomic mass is 10.1. The Morgan fingerprint density at radius 1 is 1.14 bits per heavy atom. The lowest BCUT2D eigenvalue weighted by Gasteiger charge is -2.08. The van der Waals surface area contributed by atoms with Gasteiger partial charge in [-0.1, -0.05) is 15.9 Å². The molecule has 0 aromatic heterocycles. The second kappa shape index (κ2) is 5.97. The summed E-state index contributed by atoms with van der Waals surface area (Å²) < 4.78 is 0.782. The molecule has 0 aliphatic heterocycles. The van der Waals surface area contributed by atoms with Crippen molar-refractivity contribution in [2.24, 2.45) is 0 Å². The lowest BCUT2D eigenvalue weighted by Crippen LogP contribution is -2.12. The molecular formula is C15H12BrNO4. The van der Waals surface area contributed by atoms with Crippen molar-refractivity contribution in [3.63, 3.8) is 0 Å². The van der Waals surface area contributed by atoms with Crippen molar-refractivity contribution in [1.82, 2.24) is 0 Å². The van der Waals surface area contributed by atoms with Crippen molar-refractivity contribution in [3.8, 4) is 5.75 Å². The van der Waals surface area contributed by atoms with E-state index < -0.39 is 5.97 Å². The molecule has 108 valence electrons. The number of nitrogens with one attached hydrogen (secondary N) is 1. The van der Waals surface area contributed by atoms with Gasteiger partial charge in [-0.3, -0.25) is 4.79 Å². The number of aromatic hydroxyl groups is 1. The first-order valence-electron chi connectivity index (χ1n) is 6.01. The minimum atomic E-state index is -1.26. The second-order valence-corrected chi connectivity index (χ2v) is 5.42. The molecule has 5 nitrogen and oxygen atoms in total. The molecule has 0 atom stereocenters. The molecular weight excluding hydrogens is 338 g/mol. The van der Waals surface area contributed by atoms with E-state index in [1.54, 1.807) is 12.1 Å². The second-order valence-electron chi connectivity index (χ2n) is 4.51. The average Bonchev–Trinajstić information content (AvgIpc) is 2.39. The number of amides is 1. The summed E-state index contributed by atoms with van der Waals surface area (Å²) in [7, 11) is 0. The number of aromatic carboxylic acids is 1. The highest BCUT2D eigenvalue weighted by Gasteiger charge is 2.12. The summed E-state index contributed by atoms with van der Waals surface area (Å²) in [6, 6.07) is 9.13. The maximum atomic E-state index is 12.1. The van der Waals surface area contributed by atoms with Gasteiger partial charge >= 0.3 is 5.97 Å². The molecule has 0 saturated carbocycles. The first-order chi connectivity index (χ1) is 9.86. The number of carboxylic acids is 1. The smallest absolute Gasteiger partial charge is 0.339 e. The summed E-state index contributed by atoms with van der Waals surface area (Å²) in [6.07, 6.45) is 0. The number of phenols is 1. The number of anilines is 1. The largest absolute Gasteiger partial charge is 0.507 e. The highest BCUT2D eigenvalue weighted by molar-refractivity contribution is 9.10. The Morgan fingerprint density at radius 2 is 1.86 bits per heavy atom. The Balaban J connectivity index is 2.27. The van der Waals surface area contributed by atoms with E-state index in [1.165, 1.54) is 18.2 Å². The van der Waals surface area contributed by atoms with E-state index in [0.29, 0.717) is 11.3 Å². The number of benzene rings is 2. The molecule has 0 spiro atoms. The Hall–Kier alpha value is -2.34. The molecule has 2 aromatic rings. The Kier molecular flexibility index (Phi) is 4.28. The van der Waals surface area contributed by atoms with Gasteiger partial charge in [-0.05, 0) is 48.9 Å². The fourth-order valence-electron chi connectivity index (χ4n) is 1.86. The van der Waals surface area contributed by atoms with E-state index >= 15 is 0 Å². The standard InChI is InChI=1S/C15H12BrNO4/c1-8-4-9(6-10(16)5-8)14(19)17-11-2-3-13(18)12(7-11)15(20)21/h2-7,18H,1H3,(H,17,19)(H,20,21). The van der Waals surface area contributed by atoms with Crippen LogP contribution in [-0.2, 0) is 0 Å². The molecule has 21 heavy (non-hydrogen) atoms. The quantitative estimate of drug-likeness (QED) is 0.741. The number of rotatable bonds is 3. The fraction of sp³-hybridized carbons (Fsp3) is 0.0667. The number of aryl methyl sites for hydroxylation is 1. The first kappa shape index (κ1) is 15.1. The Morgan fingerprint density at radius 3 is 2.48 bits per heavy atom. The highest BCUT2D eigenvalue weighted by atomic mass is 79.9. The molecule has 0 fully saturated rings. The summed E-state index contributed by atoms with van der Waals surface area (Å²) in [5.74, 6) is -1.97. The van der Waals surface area contributed by atoms with Gasteiger partial charge in [0.05, 0.1) is 0 Å². The van der Waals surface area contributed by atoms with Crippen LogP contribution in [0.1, 0.15) is 26.3 Å². The third-order valence-electron chi connectivity index (χ3n) is 2.79. The van der Waals surface area contributed by atoms with E-state index in [0.717, 1.165) is 10.0 Å². The van der Waals surface area contributed by atoms with Gasteiger partial charge in [0.1, 0.15) is 11.3 Å². The van der Waals surface area contributed by atoms with E-state index in [1.807, 2.05) is 13.0 Å². The van der Waals surface area contributed by atoms with Gasteiger partial charge in [-0.25, -0.2) is 4.79 Å². The molecule has 1 amide bonds. The van der Waals surface area contributed by atoms with Crippen LogP contribution in [0.2, 0.25) is 0 Å². The number of hydrogen-bond acceptors (Lipinski definition) is 3. The van der Waals surface area contributed by atoms with E-state index in [4.69, 9.17) is 5.11 Å². The van der Waals surface area contributed by atoms with Crippen LogP contribution in [0.5, 0.6) is 5.75 Å². The lowest BCUT2D eigenvalue weighted by molar-refractivity contribution is 0.0693. The number of carbonyl (C=O) groups excluding carboxylic acids is 1. The Labute approximate surface area is 129 Å². The van der Waals surface area contributed by atoms with Crippen LogP contribution in [0.4, 0.5) is 5.69 Å². The zero-order valence-corrected chi connectivity index (χ0v) is 12.6. The molecule has 3 N–H and O–H groups in total. The number of carbonyl (C=O) groups is 2. The minimum absolute atomic E-state index is 0.266. The van der Waals surface area contributed by atoms with Gasteiger partial charge in [-0.2, -0.15) is 0 Å². The third-order valence-corrected chi connectivity index (χ3v) is 3.25. The van der Waals surface area contributed by atoms with Gasteiger partial charge in [0.15, 0.2) is 0 Å².